The van der Waals surface area contributed by atoms with E-state index in [1.54, 1.807) is 24.3 Å². The monoisotopic (exact) mass is 280 g/mol. The number of carboxylic acids is 1. The number of nitrogens with zero attached hydrogens (tertiary/aromatic N) is 1. The van der Waals surface area contributed by atoms with Crippen LogP contribution in [0.15, 0.2) is 24.3 Å². The van der Waals surface area contributed by atoms with E-state index in [0.717, 1.165) is 5.69 Å². The molecule has 0 fully saturated rings. The Morgan fingerprint density at radius 1 is 1.30 bits per heavy atom. The number of anilines is 1. The van der Waals surface area contributed by atoms with Crippen LogP contribution in [0, 0.1) is 0 Å². The van der Waals surface area contributed by atoms with Gasteiger partial charge in [-0.25, -0.2) is 4.79 Å². The van der Waals surface area contributed by atoms with Gasteiger partial charge in [0.2, 0.25) is 0 Å². The topological polar surface area (TPSA) is 78.9 Å². The largest absolute Gasteiger partial charge is 0.480 e. The van der Waals surface area contributed by atoms with Crippen LogP contribution in [-0.4, -0.2) is 50.8 Å². The smallest absolute Gasteiger partial charge is 0.326 e. The first kappa shape index (κ1) is 16.0. The van der Waals surface area contributed by atoms with E-state index in [2.05, 4.69) is 5.32 Å². The van der Waals surface area contributed by atoms with Crippen molar-refractivity contribution in [2.75, 3.05) is 32.7 Å². The molecule has 0 aliphatic heterocycles. The van der Waals surface area contributed by atoms with Crippen LogP contribution < -0.4 is 10.2 Å². The molecule has 1 unspecified atom stereocenters. The van der Waals surface area contributed by atoms with Gasteiger partial charge in [-0.15, -0.1) is 0 Å². The molecule has 1 amide bonds. The average molecular weight is 280 g/mol. The second-order valence-corrected chi connectivity index (χ2v) is 4.59. The van der Waals surface area contributed by atoms with E-state index in [-0.39, 0.29) is 13.0 Å². The number of ether oxygens (including phenoxy) is 1. The van der Waals surface area contributed by atoms with E-state index in [1.165, 1.54) is 7.11 Å². The molecule has 6 heteroatoms. The lowest BCUT2D eigenvalue weighted by atomic mass is 10.1. The summed E-state index contributed by atoms with van der Waals surface area (Å²) >= 11 is 0. The minimum atomic E-state index is -1.07. The molecule has 1 aromatic carbocycles. The molecule has 0 radical (unpaired) electrons. The number of benzene rings is 1. The minimum Gasteiger partial charge on any atom is -0.480 e. The molecule has 0 bridgehead atoms. The summed E-state index contributed by atoms with van der Waals surface area (Å²) < 4.78 is 4.83. The van der Waals surface area contributed by atoms with Crippen molar-refractivity contribution in [3.63, 3.8) is 0 Å². The number of carboxylic acid groups (broad SMARTS) is 1. The third kappa shape index (κ3) is 4.55. The number of rotatable bonds is 7. The van der Waals surface area contributed by atoms with Gasteiger partial charge in [-0.05, 0) is 24.3 Å². The van der Waals surface area contributed by atoms with Crippen LogP contribution in [0.2, 0.25) is 0 Å². The van der Waals surface area contributed by atoms with Crippen LogP contribution >= 0.6 is 0 Å². The summed E-state index contributed by atoms with van der Waals surface area (Å²) in [6.45, 7) is 0.275. The second-order valence-electron chi connectivity index (χ2n) is 4.59. The van der Waals surface area contributed by atoms with Gasteiger partial charge in [0.25, 0.3) is 5.91 Å². The van der Waals surface area contributed by atoms with Gasteiger partial charge in [-0.3, -0.25) is 4.79 Å². The molecule has 6 nitrogen and oxygen atoms in total. The molecule has 0 aliphatic carbocycles. The van der Waals surface area contributed by atoms with Crippen LogP contribution in [-0.2, 0) is 9.53 Å². The molecule has 0 aromatic heterocycles. The zero-order valence-corrected chi connectivity index (χ0v) is 11.9. The first-order chi connectivity index (χ1) is 9.45. The quantitative estimate of drug-likeness (QED) is 0.778. The minimum absolute atomic E-state index is 0.230. The predicted octanol–water partition coefficient (Wildman–Crippen LogP) is 0.972. The Morgan fingerprint density at radius 3 is 2.35 bits per heavy atom. The first-order valence-electron chi connectivity index (χ1n) is 6.25. The highest BCUT2D eigenvalue weighted by Crippen LogP contribution is 2.12. The standard InChI is InChI=1S/C14H20N2O4/c1-16(2)11-6-4-10(5-7-11)13(17)15-12(14(18)19)8-9-20-3/h4-7,12H,8-9H2,1-3H3,(H,15,17)(H,18,19). The number of aliphatic carboxylic acids is 1. The van der Waals surface area contributed by atoms with Crippen LogP contribution in [0.1, 0.15) is 16.8 Å². The highest BCUT2D eigenvalue weighted by molar-refractivity contribution is 5.96. The molecule has 0 aliphatic rings. The Kier molecular flexibility index (Phi) is 5.99. The van der Waals surface area contributed by atoms with E-state index < -0.39 is 17.9 Å². The van der Waals surface area contributed by atoms with Crippen molar-refractivity contribution < 1.29 is 19.4 Å². The number of methoxy groups -OCH3 is 1. The number of carbonyl (C=O) groups is 2. The second kappa shape index (κ2) is 7.49. The van der Waals surface area contributed by atoms with Crippen molar-refractivity contribution in [3.05, 3.63) is 29.8 Å². The zero-order chi connectivity index (χ0) is 15.1. The van der Waals surface area contributed by atoms with Gasteiger partial charge < -0.3 is 20.1 Å². The number of hydrogen-bond acceptors (Lipinski definition) is 4. The molecule has 0 saturated heterocycles. The van der Waals surface area contributed by atoms with E-state index in [0.29, 0.717) is 5.56 Å². The van der Waals surface area contributed by atoms with Crippen LogP contribution in [0.3, 0.4) is 0 Å². The summed E-state index contributed by atoms with van der Waals surface area (Å²) in [7, 11) is 5.29. The molecule has 20 heavy (non-hydrogen) atoms. The third-order valence-corrected chi connectivity index (χ3v) is 2.86. The molecule has 1 aromatic rings. The van der Waals surface area contributed by atoms with E-state index in [1.807, 2.05) is 19.0 Å². The summed E-state index contributed by atoms with van der Waals surface area (Å²) in [6.07, 6.45) is 0.230. The molecule has 110 valence electrons. The van der Waals surface area contributed by atoms with Crippen LogP contribution in [0.4, 0.5) is 5.69 Å². The van der Waals surface area contributed by atoms with Gasteiger partial charge in [0.05, 0.1) is 0 Å². The third-order valence-electron chi connectivity index (χ3n) is 2.86. The summed E-state index contributed by atoms with van der Waals surface area (Å²) in [5, 5.41) is 11.5. The number of carbonyl (C=O) groups excluding carboxylic acids is 1. The molecule has 1 rings (SSSR count). The fraction of sp³-hybridized carbons (Fsp3) is 0.429. The van der Waals surface area contributed by atoms with E-state index >= 15 is 0 Å². The van der Waals surface area contributed by atoms with Crippen LogP contribution in [0.25, 0.3) is 0 Å². The van der Waals surface area contributed by atoms with Crippen molar-refractivity contribution in [2.24, 2.45) is 0 Å². The molecule has 1 atom stereocenters. The Hall–Kier alpha value is -2.08. The maximum Gasteiger partial charge on any atom is 0.326 e. The summed E-state index contributed by atoms with van der Waals surface area (Å²) in [5.74, 6) is -1.47. The molecular weight excluding hydrogens is 260 g/mol. The van der Waals surface area contributed by atoms with Gasteiger partial charge in [0, 0.05) is 45.5 Å². The molecule has 0 heterocycles. The van der Waals surface area contributed by atoms with Gasteiger partial charge in [0.1, 0.15) is 6.04 Å². The van der Waals surface area contributed by atoms with E-state index in [4.69, 9.17) is 9.84 Å². The summed E-state index contributed by atoms with van der Waals surface area (Å²) in [5.41, 5.74) is 1.40. The normalized spacial score (nSPS) is 11.8. The Morgan fingerprint density at radius 2 is 1.90 bits per heavy atom. The number of hydrogen-bond donors (Lipinski definition) is 2. The lowest BCUT2D eigenvalue weighted by molar-refractivity contribution is -0.139. The average Bonchev–Trinajstić information content (AvgIpc) is 2.42. The van der Waals surface area contributed by atoms with E-state index in [9.17, 15) is 9.59 Å². The van der Waals surface area contributed by atoms with Crippen molar-refractivity contribution in [1.82, 2.24) is 5.32 Å². The lowest BCUT2D eigenvalue weighted by Crippen LogP contribution is -2.41. The number of amides is 1. The molecule has 2 N–H and O–H groups in total. The SMILES string of the molecule is COCCC(NC(=O)c1ccc(N(C)C)cc1)C(=O)O. The van der Waals surface area contributed by atoms with Gasteiger partial charge >= 0.3 is 5.97 Å². The summed E-state index contributed by atoms with van der Waals surface area (Å²) in [4.78, 5) is 24.9. The first-order valence-corrected chi connectivity index (χ1v) is 6.25. The number of nitrogens with one attached hydrogen (secondary N) is 1. The molecular formula is C14H20N2O4. The fourth-order valence-corrected chi connectivity index (χ4v) is 1.65. The zero-order valence-electron chi connectivity index (χ0n) is 11.9. The van der Waals surface area contributed by atoms with Gasteiger partial charge in [-0.2, -0.15) is 0 Å². The van der Waals surface area contributed by atoms with Crippen molar-refractivity contribution >= 4 is 17.6 Å². The Labute approximate surface area is 118 Å². The van der Waals surface area contributed by atoms with Crippen molar-refractivity contribution in [3.8, 4) is 0 Å². The highest BCUT2D eigenvalue weighted by atomic mass is 16.5. The lowest BCUT2D eigenvalue weighted by Gasteiger charge is -2.15. The maximum absolute atomic E-state index is 12.0. The fourth-order valence-electron chi connectivity index (χ4n) is 1.65. The Balaban J connectivity index is 2.70. The highest BCUT2D eigenvalue weighted by Gasteiger charge is 2.20. The van der Waals surface area contributed by atoms with Crippen molar-refractivity contribution in [2.45, 2.75) is 12.5 Å². The summed E-state index contributed by atoms with van der Waals surface area (Å²) in [6, 6.07) is 6.00. The maximum atomic E-state index is 12.0. The van der Waals surface area contributed by atoms with Gasteiger partial charge in [0.15, 0.2) is 0 Å². The molecule has 0 spiro atoms. The Bertz CT molecular complexity index is 457. The van der Waals surface area contributed by atoms with Crippen LogP contribution in [0.5, 0.6) is 0 Å². The molecule has 0 saturated carbocycles. The van der Waals surface area contributed by atoms with Crippen molar-refractivity contribution in [1.29, 1.82) is 0 Å². The van der Waals surface area contributed by atoms with Gasteiger partial charge in [-0.1, -0.05) is 0 Å². The predicted molar refractivity (Wildman–Crippen MR) is 76.2 cm³/mol.